The van der Waals surface area contributed by atoms with E-state index in [0.717, 1.165) is 0 Å². The highest BCUT2D eigenvalue weighted by Crippen LogP contribution is 2.17. The lowest BCUT2D eigenvalue weighted by Crippen LogP contribution is -2.51. The van der Waals surface area contributed by atoms with Gasteiger partial charge in [-0.3, -0.25) is 14.5 Å². The van der Waals surface area contributed by atoms with Crippen LogP contribution in [0, 0.1) is 6.92 Å². The molecule has 2 amide bonds. The average Bonchev–Trinajstić information content (AvgIpc) is 2.71. The van der Waals surface area contributed by atoms with Crippen LogP contribution in [0.5, 0.6) is 0 Å². The quantitative estimate of drug-likeness (QED) is 0.825. The van der Waals surface area contributed by atoms with E-state index in [1.54, 1.807) is 18.4 Å². The first-order chi connectivity index (χ1) is 8.09. The van der Waals surface area contributed by atoms with E-state index in [2.05, 4.69) is 18.3 Å². The summed E-state index contributed by atoms with van der Waals surface area (Å²) in [5.74, 6) is -0.198. The topological polar surface area (TPSA) is 49.4 Å². The number of nitrogens with one attached hydrogen (secondary N) is 1. The van der Waals surface area contributed by atoms with Crippen LogP contribution in [0.15, 0.2) is 11.4 Å². The van der Waals surface area contributed by atoms with Crippen molar-refractivity contribution in [3.05, 3.63) is 21.9 Å². The number of nitrogens with zero attached hydrogens (tertiary/aromatic N) is 1. The van der Waals surface area contributed by atoms with Crippen molar-refractivity contribution in [1.82, 2.24) is 10.2 Å². The third kappa shape index (κ3) is 2.56. The van der Waals surface area contributed by atoms with Gasteiger partial charge in [-0.1, -0.05) is 0 Å². The number of hydrogen-bond acceptors (Lipinski definition) is 4. The van der Waals surface area contributed by atoms with Crippen LogP contribution in [0.25, 0.3) is 0 Å². The third-order valence-corrected chi connectivity index (χ3v) is 4.15. The fourth-order valence-corrected chi connectivity index (χ4v) is 2.76. The maximum atomic E-state index is 11.8. The molecule has 1 atom stereocenters. The molecule has 1 aromatic rings. The van der Waals surface area contributed by atoms with Crippen molar-refractivity contribution in [3.8, 4) is 0 Å². The zero-order chi connectivity index (χ0) is 12.4. The normalized spacial score (nSPS) is 21.1. The highest BCUT2D eigenvalue weighted by atomic mass is 32.1. The number of imide groups is 1. The number of carbonyl (C=O) groups excluding carboxylic acids is 2. The molecule has 0 radical (unpaired) electrons. The Hall–Kier alpha value is -1.20. The first-order valence-corrected chi connectivity index (χ1v) is 6.54. The first-order valence-electron chi connectivity index (χ1n) is 5.66. The SMILES string of the molecule is Cc1ccsc1CNC1CCC(=O)N(C)C1=O. The predicted molar refractivity (Wildman–Crippen MR) is 66.7 cm³/mol. The number of hydrogen-bond donors (Lipinski definition) is 1. The molecule has 0 aliphatic carbocycles. The van der Waals surface area contributed by atoms with Crippen LogP contribution in [0.2, 0.25) is 0 Å². The minimum atomic E-state index is -0.223. The molecule has 2 heterocycles. The molecule has 1 saturated heterocycles. The van der Waals surface area contributed by atoms with Gasteiger partial charge >= 0.3 is 0 Å². The van der Waals surface area contributed by atoms with Crippen molar-refractivity contribution in [2.45, 2.75) is 32.4 Å². The van der Waals surface area contributed by atoms with E-state index in [0.29, 0.717) is 19.4 Å². The Morgan fingerprint density at radius 2 is 2.29 bits per heavy atom. The molecule has 0 aromatic carbocycles. The largest absolute Gasteiger partial charge is 0.301 e. The van der Waals surface area contributed by atoms with Crippen LogP contribution in [0.1, 0.15) is 23.3 Å². The molecule has 0 spiro atoms. The number of likely N-dealkylation sites (N-methyl/N-ethyl adjacent to an activating group) is 1. The Bertz CT molecular complexity index is 441. The summed E-state index contributed by atoms with van der Waals surface area (Å²) in [6, 6.07) is 1.85. The number of likely N-dealkylation sites (tertiary alicyclic amines) is 1. The summed E-state index contributed by atoms with van der Waals surface area (Å²) in [4.78, 5) is 25.6. The van der Waals surface area contributed by atoms with Gasteiger partial charge in [-0.15, -0.1) is 11.3 Å². The van der Waals surface area contributed by atoms with Gasteiger partial charge in [0.1, 0.15) is 0 Å². The summed E-state index contributed by atoms with van der Waals surface area (Å²) in [6.45, 7) is 2.76. The smallest absolute Gasteiger partial charge is 0.246 e. The monoisotopic (exact) mass is 252 g/mol. The van der Waals surface area contributed by atoms with E-state index >= 15 is 0 Å². The van der Waals surface area contributed by atoms with Crippen molar-refractivity contribution in [2.75, 3.05) is 7.05 Å². The number of amides is 2. The molecule has 0 saturated carbocycles. The Balaban J connectivity index is 1.94. The van der Waals surface area contributed by atoms with E-state index in [4.69, 9.17) is 0 Å². The molecule has 5 heteroatoms. The molecule has 4 nitrogen and oxygen atoms in total. The van der Waals surface area contributed by atoms with Crippen molar-refractivity contribution in [1.29, 1.82) is 0 Å². The molecular formula is C12H16N2O2S. The van der Waals surface area contributed by atoms with Crippen molar-refractivity contribution in [2.24, 2.45) is 0 Å². The predicted octanol–water partition coefficient (Wildman–Crippen LogP) is 1.29. The zero-order valence-corrected chi connectivity index (χ0v) is 10.8. The van der Waals surface area contributed by atoms with Crippen molar-refractivity contribution < 1.29 is 9.59 Å². The minimum absolute atomic E-state index is 0.0830. The second-order valence-electron chi connectivity index (χ2n) is 4.29. The van der Waals surface area contributed by atoms with Gasteiger partial charge in [-0.05, 0) is 30.4 Å². The molecule has 1 N–H and O–H groups in total. The summed E-state index contributed by atoms with van der Waals surface area (Å²) >= 11 is 1.69. The second-order valence-corrected chi connectivity index (χ2v) is 5.29. The number of carbonyl (C=O) groups is 2. The lowest BCUT2D eigenvalue weighted by atomic mass is 10.0. The molecule has 2 rings (SSSR count). The Labute approximate surface area is 105 Å². The average molecular weight is 252 g/mol. The van der Waals surface area contributed by atoms with Gasteiger partial charge in [0, 0.05) is 24.9 Å². The Morgan fingerprint density at radius 1 is 1.53 bits per heavy atom. The fraction of sp³-hybridized carbons (Fsp3) is 0.500. The maximum Gasteiger partial charge on any atom is 0.246 e. The first kappa shape index (κ1) is 12.3. The molecule has 1 aromatic heterocycles. The summed E-state index contributed by atoms with van der Waals surface area (Å²) in [5, 5.41) is 5.28. The lowest BCUT2D eigenvalue weighted by Gasteiger charge is -2.28. The summed E-state index contributed by atoms with van der Waals surface area (Å²) < 4.78 is 0. The third-order valence-electron chi connectivity index (χ3n) is 3.13. The van der Waals surface area contributed by atoms with E-state index in [-0.39, 0.29) is 17.9 Å². The zero-order valence-electron chi connectivity index (χ0n) is 10.0. The van der Waals surface area contributed by atoms with Gasteiger partial charge in [0.2, 0.25) is 11.8 Å². The van der Waals surface area contributed by atoms with Gasteiger partial charge in [0.15, 0.2) is 0 Å². The molecule has 0 bridgehead atoms. The lowest BCUT2D eigenvalue weighted by molar-refractivity contribution is -0.148. The number of piperidine rings is 1. The summed E-state index contributed by atoms with van der Waals surface area (Å²) in [6.07, 6.45) is 1.05. The summed E-state index contributed by atoms with van der Waals surface area (Å²) in [7, 11) is 1.55. The van der Waals surface area contributed by atoms with Crippen LogP contribution >= 0.6 is 11.3 Å². The number of thiophene rings is 1. The van der Waals surface area contributed by atoms with Crippen molar-refractivity contribution >= 4 is 23.2 Å². The van der Waals surface area contributed by atoms with E-state index in [1.807, 2.05) is 5.38 Å². The van der Waals surface area contributed by atoms with Gasteiger partial charge in [-0.2, -0.15) is 0 Å². The Morgan fingerprint density at radius 3 is 2.94 bits per heavy atom. The minimum Gasteiger partial charge on any atom is -0.301 e. The molecule has 1 aliphatic heterocycles. The molecule has 1 fully saturated rings. The highest BCUT2D eigenvalue weighted by molar-refractivity contribution is 7.10. The highest BCUT2D eigenvalue weighted by Gasteiger charge is 2.31. The molecule has 1 unspecified atom stereocenters. The second kappa shape index (κ2) is 4.98. The van der Waals surface area contributed by atoms with E-state index < -0.39 is 0 Å². The van der Waals surface area contributed by atoms with Crippen LogP contribution < -0.4 is 5.32 Å². The van der Waals surface area contributed by atoms with E-state index in [9.17, 15) is 9.59 Å². The van der Waals surface area contributed by atoms with Gasteiger partial charge < -0.3 is 5.32 Å². The van der Waals surface area contributed by atoms with Crippen LogP contribution in [0.4, 0.5) is 0 Å². The number of aryl methyl sites for hydroxylation is 1. The van der Waals surface area contributed by atoms with Crippen molar-refractivity contribution in [3.63, 3.8) is 0 Å². The summed E-state index contributed by atoms with van der Waals surface area (Å²) in [5.41, 5.74) is 1.25. The van der Waals surface area contributed by atoms with Crippen LogP contribution in [-0.4, -0.2) is 29.8 Å². The van der Waals surface area contributed by atoms with Gasteiger partial charge in [0.25, 0.3) is 0 Å². The molecule has 17 heavy (non-hydrogen) atoms. The fourth-order valence-electron chi connectivity index (χ4n) is 1.91. The maximum absolute atomic E-state index is 11.8. The standard InChI is InChI=1S/C12H16N2O2S/c1-8-5-6-17-10(8)7-13-9-3-4-11(15)14(2)12(9)16/h5-6,9,13H,3-4,7H2,1-2H3. The van der Waals surface area contributed by atoms with E-state index in [1.165, 1.54) is 15.3 Å². The number of rotatable bonds is 3. The van der Waals surface area contributed by atoms with Gasteiger partial charge in [0.05, 0.1) is 6.04 Å². The molecule has 92 valence electrons. The van der Waals surface area contributed by atoms with Gasteiger partial charge in [-0.25, -0.2) is 0 Å². The van der Waals surface area contributed by atoms with Crippen LogP contribution in [0.3, 0.4) is 0 Å². The Kier molecular flexibility index (Phi) is 3.59. The molecule has 1 aliphatic rings. The van der Waals surface area contributed by atoms with Crippen LogP contribution in [-0.2, 0) is 16.1 Å². The molecular weight excluding hydrogens is 236 g/mol.